The van der Waals surface area contributed by atoms with Crippen LogP contribution >= 0.6 is 11.8 Å². The number of carbonyl (C=O) groups is 1. The lowest BCUT2D eigenvalue weighted by Crippen LogP contribution is -2.01. The smallest absolute Gasteiger partial charge is 0.162 e. The lowest BCUT2D eigenvalue weighted by molar-refractivity contribution is 0.0982. The number of fused-ring (bicyclic) bond motifs is 7. The van der Waals surface area contributed by atoms with Crippen molar-refractivity contribution in [1.29, 1.82) is 0 Å². The number of thioether (sulfide) groups is 1. The number of ketones is 1. The molecule has 1 nitrogen and oxygen atoms in total. The van der Waals surface area contributed by atoms with Crippen LogP contribution in [-0.2, 0) is 5.75 Å². The van der Waals surface area contributed by atoms with Crippen LogP contribution in [0.15, 0.2) is 24.3 Å². The van der Waals surface area contributed by atoms with Gasteiger partial charge in [-0.25, -0.2) is 0 Å². The molecule has 2 aliphatic heterocycles. The maximum Gasteiger partial charge on any atom is 0.162 e. The molecule has 0 aliphatic carbocycles. The number of hydrogen-bond acceptors (Lipinski definition) is 2. The van der Waals surface area contributed by atoms with Crippen LogP contribution in [0, 0.1) is 0 Å². The van der Waals surface area contributed by atoms with Gasteiger partial charge in [0.15, 0.2) is 5.78 Å². The molecule has 13 heavy (non-hydrogen) atoms. The Morgan fingerprint density at radius 3 is 2.69 bits per heavy atom. The molecule has 0 unspecified atom stereocenters. The Balaban J connectivity index is 2.30. The summed E-state index contributed by atoms with van der Waals surface area (Å²) in [5, 5.41) is 0. The zero-order valence-corrected chi connectivity index (χ0v) is 8.27. The molecular weight excluding hydrogens is 180 g/mol. The van der Waals surface area contributed by atoms with Crippen LogP contribution < -0.4 is 0 Å². The Morgan fingerprint density at radius 2 is 1.92 bits per heavy atom. The van der Waals surface area contributed by atoms with Gasteiger partial charge in [-0.2, -0.15) is 11.8 Å². The van der Waals surface area contributed by atoms with E-state index in [1.54, 1.807) is 0 Å². The highest BCUT2D eigenvalue weighted by Gasteiger charge is 2.07. The topological polar surface area (TPSA) is 17.1 Å². The van der Waals surface area contributed by atoms with Crippen molar-refractivity contribution in [3.8, 4) is 0 Å². The van der Waals surface area contributed by atoms with Gasteiger partial charge in [0.1, 0.15) is 0 Å². The molecule has 2 heteroatoms. The fraction of sp³-hybridized carbons (Fsp3) is 0.364. The summed E-state index contributed by atoms with van der Waals surface area (Å²) in [6, 6.07) is 8.02. The molecule has 2 aliphatic rings. The zero-order chi connectivity index (χ0) is 9.10. The average Bonchev–Trinajstić information content (AvgIpc) is 2.19. The molecule has 0 saturated carbocycles. The molecule has 68 valence electrons. The van der Waals surface area contributed by atoms with E-state index in [2.05, 4.69) is 12.1 Å². The summed E-state index contributed by atoms with van der Waals surface area (Å²) in [6.07, 6.45) is 1.72. The van der Waals surface area contributed by atoms with Gasteiger partial charge in [0.25, 0.3) is 0 Å². The fourth-order valence-corrected chi connectivity index (χ4v) is 2.38. The van der Waals surface area contributed by atoms with Gasteiger partial charge < -0.3 is 0 Å². The first kappa shape index (κ1) is 8.82. The summed E-state index contributed by atoms with van der Waals surface area (Å²) in [7, 11) is 0. The quantitative estimate of drug-likeness (QED) is 0.628. The van der Waals surface area contributed by atoms with E-state index in [0.29, 0.717) is 6.42 Å². The summed E-state index contributed by atoms with van der Waals surface area (Å²) in [5.41, 5.74) is 2.19. The number of carbonyl (C=O) groups excluding carboxylic acids is 1. The molecule has 0 saturated heterocycles. The molecule has 1 aromatic rings. The van der Waals surface area contributed by atoms with Gasteiger partial charge in [-0.3, -0.25) is 4.79 Å². The Morgan fingerprint density at radius 1 is 1.15 bits per heavy atom. The van der Waals surface area contributed by atoms with Gasteiger partial charge in [-0.15, -0.1) is 0 Å². The molecule has 0 atom stereocenters. The zero-order valence-electron chi connectivity index (χ0n) is 7.45. The SMILES string of the molecule is O=C1CCCSCc2ccc1cc2. The average molecular weight is 192 g/mol. The van der Waals surface area contributed by atoms with Crippen LogP contribution in [0.25, 0.3) is 0 Å². The molecular formula is C11H12OS. The van der Waals surface area contributed by atoms with Crippen molar-refractivity contribution in [2.75, 3.05) is 5.75 Å². The van der Waals surface area contributed by atoms with Crippen LogP contribution in [0.5, 0.6) is 0 Å². The van der Waals surface area contributed by atoms with Gasteiger partial charge in [0, 0.05) is 17.7 Å². The molecule has 1 aromatic carbocycles. The summed E-state index contributed by atoms with van der Waals surface area (Å²) in [4.78, 5) is 11.5. The third-order valence-corrected chi connectivity index (χ3v) is 3.35. The lowest BCUT2D eigenvalue weighted by Gasteiger charge is -2.07. The number of hydrogen-bond donors (Lipinski definition) is 0. The van der Waals surface area contributed by atoms with Crippen LogP contribution in [-0.4, -0.2) is 11.5 Å². The van der Waals surface area contributed by atoms with E-state index < -0.39 is 0 Å². The standard InChI is InChI=1S/C11H12OS/c12-11-2-1-7-13-8-9-3-5-10(11)6-4-9/h3-6H,1-2,7-8H2. The summed E-state index contributed by atoms with van der Waals surface area (Å²) >= 11 is 1.91. The first-order valence-corrected chi connectivity index (χ1v) is 5.71. The van der Waals surface area contributed by atoms with E-state index in [1.165, 1.54) is 5.56 Å². The normalized spacial score (nSPS) is 17.4. The van der Waals surface area contributed by atoms with E-state index in [-0.39, 0.29) is 5.78 Å². The second-order valence-corrected chi connectivity index (χ2v) is 4.38. The minimum Gasteiger partial charge on any atom is -0.294 e. The van der Waals surface area contributed by atoms with Crippen molar-refractivity contribution in [2.45, 2.75) is 18.6 Å². The van der Waals surface area contributed by atoms with Crippen LogP contribution in [0.2, 0.25) is 0 Å². The van der Waals surface area contributed by atoms with Crippen LogP contribution in [0.3, 0.4) is 0 Å². The minimum atomic E-state index is 0.286. The number of Topliss-reactive ketones (excluding diaryl/α,β-unsaturated/α-hetero) is 1. The van der Waals surface area contributed by atoms with Gasteiger partial charge in [-0.05, 0) is 17.7 Å². The largest absolute Gasteiger partial charge is 0.294 e. The van der Waals surface area contributed by atoms with Gasteiger partial charge >= 0.3 is 0 Å². The van der Waals surface area contributed by atoms with Crippen molar-refractivity contribution in [2.24, 2.45) is 0 Å². The molecule has 2 heterocycles. The summed E-state index contributed by atoms with van der Waals surface area (Å²) < 4.78 is 0. The molecule has 3 rings (SSSR count). The Hall–Kier alpha value is -0.760. The minimum absolute atomic E-state index is 0.286. The van der Waals surface area contributed by atoms with E-state index in [0.717, 1.165) is 23.5 Å². The molecule has 0 N–H and O–H groups in total. The first-order chi connectivity index (χ1) is 6.36. The van der Waals surface area contributed by atoms with Crippen molar-refractivity contribution in [1.82, 2.24) is 0 Å². The molecule has 0 fully saturated rings. The number of rotatable bonds is 0. The third-order valence-electron chi connectivity index (χ3n) is 2.24. The Kier molecular flexibility index (Phi) is 2.69. The van der Waals surface area contributed by atoms with Crippen LogP contribution in [0.1, 0.15) is 28.8 Å². The number of benzene rings is 1. The first-order valence-electron chi connectivity index (χ1n) is 4.56. The van der Waals surface area contributed by atoms with Crippen LogP contribution in [0.4, 0.5) is 0 Å². The highest BCUT2D eigenvalue weighted by molar-refractivity contribution is 7.98. The Labute approximate surface area is 82.5 Å². The van der Waals surface area contributed by atoms with Gasteiger partial charge in [-0.1, -0.05) is 24.3 Å². The molecule has 0 radical (unpaired) electrons. The lowest BCUT2D eigenvalue weighted by atomic mass is 10.1. The van der Waals surface area contributed by atoms with Crippen molar-refractivity contribution in [3.63, 3.8) is 0 Å². The van der Waals surface area contributed by atoms with Gasteiger partial charge in [0.05, 0.1) is 0 Å². The van der Waals surface area contributed by atoms with E-state index in [1.807, 2.05) is 23.9 Å². The fourth-order valence-electron chi connectivity index (χ4n) is 1.46. The maximum atomic E-state index is 11.5. The molecule has 0 spiro atoms. The summed E-state index contributed by atoms with van der Waals surface area (Å²) in [5.74, 6) is 2.47. The van der Waals surface area contributed by atoms with E-state index >= 15 is 0 Å². The van der Waals surface area contributed by atoms with Crippen molar-refractivity contribution in [3.05, 3.63) is 35.4 Å². The van der Waals surface area contributed by atoms with Crippen molar-refractivity contribution < 1.29 is 4.79 Å². The monoisotopic (exact) mass is 192 g/mol. The Bertz CT molecular complexity index is 302. The van der Waals surface area contributed by atoms with Gasteiger partial charge in [0.2, 0.25) is 0 Å². The third kappa shape index (κ3) is 2.13. The highest BCUT2D eigenvalue weighted by Crippen LogP contribution is 2.18. The highest BCUT2D eigenvalue weighted by atomic mass is 32.2. The van der Waals surface area contributed by atoms with E-state index in [4.69, 9.17) is 0 Å². The molecule has 2 bridgehead atoms. The van der Waals surface area contributed by atoms with Crippen molar-refractivity contribution >= 4 is 17.5 Å². The maximum absolute atomic E-state index is 11.5. The van der Waals surface area contributed by atoms with E-state index in [9.17, 15) is 4.79 Å². The summed E-state index contributed by atoms with van der Waals surface area (Å²) in [6.45, 7) is 0. The second kappa shape index (κ2) is 3.97. The molecule has 0 amide bonds. The second-order valence-electron chi connectivity index (χ2n) is 3.28. The molecule has 0 aromatic heterocycles. The predicted octanol–water partition coefficient (Wildman–Crippen LogP) is 2.90. The predicted molar refractivity (Wildman–Crippen MR) is 56.2 cm³/mol.